The Hall–Kier alpha value is -2.45. The highest BCUT2D eigenvalue weighted by Crippen LogP contribution is 2.23. The number of rotatable bonds is 4. The molecule has 0 radical (unpaired) electrons. The highest BCUT2D eigenvalue weighted by molar-refractivity contribution is 6.03. The molecule has 3 N–H and O–H groups in total. The summed E-state index contributed by atoms with van der Waals surface area (Å²) in [5.74, 6) is 1.13. The number of aromatic nitrogens is 3. The first-order valence-electron chi connectivity index (χ1n) is 8.33. The highest BCUT2D eigenvalue weighted by atomic mass is 35.5. The second-order valence-electron chi connectivity index (χ2n) is 6.15. The molecule has 2 aromatic rings. The van der Waals surface area contributed by atoms with Crippen LogP contribution in [0.25, 0.3) is 0 Å². The molecule has 140 valence electrons. The summed E-state index contributed by atoms with van der Waals surface area (Å²) in [4.78, 5) is 27.9. The Bertz CT molecular complexity index is 768. The van der Waals surface area contributed by atoms with Gasteiger partial charge in [-0.2, -0.15) is 10.1 Å². The monoisotopic (exact) mass is 378 g/mol. The van der Waals surface area contributed by atoms with Crippen LogP contribution in [0.1, 0.15) is 41.9 Å². The van der Waals surface area contributed by atoms with Crippen molar-refractivity contribution >= 4 is 35.9 Å². The van der Waals surface area contributed by atoms with Crippen LogP contribution in [-0.2, 0) is 11.8 Å². The lowest BCUT2D eigenvalue weighted by Gasteiger charge is -2.19. The third-order valence-electron chi connectivity index (χ3n) is 4.18. The van der Waals surface area contributed by atoms with Gasteiger partial charge < -0.3 is 10.6 Å². The Labute approximate surface area is 158 Å². The summed E-state index contributed by atoms with van der Waals surface area (Å²) in [7, 11) is 1.77. The van der Waals surface area contributed by atoms with E-state index in [2.05, 4.69) is 26.0 Å². The average molecular weight is 379 g/mol. The van der Waals surface area contributed by atoms with Crippen LogP contribution in [0.5, 0.6) is 0 Å². The van der Waals surface area contributed by atoms with Gasteiger partial charge in [-0.3, -0.25) is 14.9 Å². The molecular formula is C17H23ClN6O2. The molecule has 0 unspecified atom stereocenters. The van der Waals surface area contributed by atoms with Gasteiger partial charge in [0.25, 0.3) is 5.91 Å². The zero-order valence-corrected chi connectivity index (χ0v) is 15.6. The van der Waals surface area contributed by atoms with Gasteiger partial charge in [0.2, 0.25) is 11.9 Å². The molecule has 1 aliphatic heterocycles. The molecule has 0 spiro atoms. The summed E-state index contributed by atoms with van der Waals surface area (Å²) < 4.78 is 1.60. The maximum Gasteiger partial charge on any atom is 0.258 e. The van der Waals surface area contributed by atoms with E-state index in [0.29, 0.717) is 23.1 Å². The van der Waals surface area contributed by atoms with Gasteiger partial charge in [-0.05, 0) is 50.2 Å². The molecule has 1 aromatic carbocycles. The maximum atomic E-state index is 12.4. The van der Waals surface area contributed by atoms with Crippen molar-refractivity contribution in [3.63, 3.8) is 0 Å². The number of amides is 2. The fourth-order valence-corrected chi connectivity index (χ4v) is 2.85. The zero-order chi connectivity index (χ0) is 17.8. The molecule has 0 atom stereocenters. The van der Waals surface area contributed by atoms with Crippen molar-refractivity contribution in [2.75, 3.05) is 23.7 Å². The Morgan fingerprint density at radius 1 is 1.15 bits per heavy atom. The quantitative estimate of drug-likeness (QED) is 0.754. The van der Waals surface area contributed by atoms with Crippen LogP contribution in [0.4, 0.5) is 11.6 Å². The number of carbonyl (C=O) groups excluding carboxylic acids is 2. The first-order valence-corrected chi connectivity index (χ1v) is 8.33. The minimum absolute atomic E-state index is 0. The van der Waals surface area contributed by atoms with Crippen LogP contribution in [-0.4, -0.2) is 39.7 Å². The Morgan fingerprint density at radius 2 is 1.81 bits per heavy atom. The van der Waals surface area contributed by atoms with Gasteiger partial charge in [-0.25, -0.2) is 4.68 Å². The SMILES string of the molecule is CC(=O)Nc1ccc(C(=O)Nc2nc(C3CCNCC3)nn2C)cc1.Cl. The van der Waals surface area contributed by atoms with Crippen molar-refractivity contribution in [2.24, 2.45) is 7.05 Å². The molecule has 2 amide bonds. The van der Waals surface area contributed by atoms with Gasteiger partial charge in [-0.1, -0.05) is 0 Å². The predicted molar refractivity (Wildman–Crippen MR) is 102 cm³/mol. The Balaban J connectivity index is 0.00000243. The van der Waals surface area contributed by atoms with Crippen molar-refractivity contribution in [3.05, 3.63) is 35.7 Å². The number of halogens is 1. The number of hydrogen-bond acceptors (Lipinski definition) is 5. The van der Waals surface area contributed by atoms with E-state index < -0.39 is 0 Å². The number of anilines is 2. The fourth-order valence-electron chi connectivity index (χ4n) is 2.85. The molecule has 0 bridgehead atoms. The lowest BCUT2D eigenvalue weighted by molar-refractivity contribution is -0.114. The number of carbonyl (C=O) groups is 2. The highest BCUT2D eigenvalue weighted by Gasteiger charge is 2.21. The van der Waals surface area contributed by atoms with E-state index in [9.17, 15) is 9.59 Å². The van der Waals surface area contributed by atoms with Crippen LogP contribution < -0.4 is 16.0 Å². The molecule has 3 rings (SSSR count). The number of nitrogens with zero attached hydrogens (tertiary/aromatic N) is 3. The molecule has 1 aromatic heterocycles. The third kappa shape index (κ3) is 4.80. The summed E-state index contributed by atoms with van der Waals surface area (Å²) in [6, 6.07) is 6.69. The van der Waals surface area contributed by atoms with Crippen molar-refractivity contribution < 1.29 is 9.59 Å². The van der Waals surface area contributed by atoms with E-state index in [1.807, 2.05) is 0 Å². The molecule has 9 heteroatoms. The molecule has 1 saturated heterocycles. The summed E-state index contributed by atoms with van der Waals surface area (Å²) in [6.07, 6.45) is 2.00. The van der Waals surface area contributed by atoms with Crippen LogP contribution in [0.15, 0.2) is 24.3 Å². The number of piperidine rings is 1. The second-order valence-corrected chi connectivity index (χ2v) is 6.15. The van der Waals surface area contributed by atoms with E-state index >= 15 is 0 Å². The van der Waals surface area contributed by atoms with Crippen LogP contribution in [0, 0.1) is 0 Å². The van der Waals surface area contributed by atoms with Crippen molar-refractivity contribution in [2.45, 2.75) is 25.7 Å². The molecule has 0 aliphatic carbocycles. The molecule has 2 heterocycles. The first kappa shape index (κ1) is 19.9. The van der Waals surface area contributed by atoms with Crippen molar-refractivity contribution in [1.82, 2.24) is 20.1 Å². The zero-order valence-electron chi connectivity index (χ0n) is 14.8. The standard InChI is InChI=1S/C17H22N6O2.ClH/c1-11(24)19-14-5-3-13(4-6-14)16(25)21-17-20-15(22-23(17)2)12-7-9-18-10-8-12;/h3-6,12,18H,7-10H2,1-2H3,(H,19,24)(H,20,21,22,25);1H. The first-order chi connectivity index (χ1) is 12.0. The summed E-state index contributed by atoms with van der Waals surface area (Å²) in [6.45, 7) is 3.37. The van der Waals surface area contributed by atoms with E-state index in [0.717, 1.165) is 31.8 Å². The van der Waals surface area contributed by atoms with Crippen molar-refractivity contribution in [3.8, 4) is 0 Å². The Kier molecular flexibility index (Phi) is 6.70. The largest absolute Gasteiger partial charge is 0.326 e. The molecule has 1 aliphatic rings. The average Bonchev–Trinajstić information content (AvgIpc) is 2.96. The second kappa shape index (κ2) is 8.77. The van der Waals surface area contributed by atoms with E-state index in [4.69, 9.17) is 0 Å². The third-order valence-corrected chi connectivity index (χ3v) is 4.18. The van der Waals surface area contributed by atoms with Gasteiger partial charge >= 0.3 is 0 Å². The van der Waals surface area contributed by atoms with E-state index in [-0.39, 0.29) is 24.2 Å². The molecule has 26 heavy (non-hydrogen) atoms. The van der Waals surface area contributed by atoms with E-state index in [1.54, 1.807) is 36.0 Å². The number of hydrogen-bond donors (Lipinski definition) is 3. The predicted octanol–water partition coefficient (Wildman–Crippen LogP) is 1.91. The van der Waals surface area contributed by atoms with Gasteiger partial charge in [-0.15, -0.1) is 12.4 Å². The minimum Gasteiger partial charge on any atom is -0.326 e. The normalized spacial score (nSPS) is 14.4. The molecule has 8 nitrogen and oxygen atoms in total. The summed E-state index contributed by atoms with van der Waals surface area (Å²) in [5, 5.41) is 13.2. The maximum absolute atomic E-state index is 12.4. The van der Waals surface area contributed by atoms with Gasteiger partial charge in [0, 0.05) is 31.1 Å². The van der Waals surface area contributed by atoms with E-state index in [1.165, 1.54) is 6.92 Å². The fraction of sp³-hybridized carbons (Fsp3) is 0.412. The van der Waals surface area contributed by atoms with Gasteiger partial charge in [0.05, 0.1) is 0 Å². The summed E-state index contributed by atoms with van der Waals surface area (Å²) >= 11 is 0. The smallest absolute Gasteiger partial charge is 0.258 e. The lowest BCUT2D eigenvalue weighted by atomic mass is 9.98. The van der Waals surface area contributed by atoms with Crippen LogP contribution in [0.2, 0.25) is 0 Å². The van der Waals surface area contributed by atoms with Crippen molar-refractivity contribution in [1.29, 1.82) is 0 Å². The van der Waals surface area contributed by atoms with Crippen LogP contribution in [0.3, 0.4) is 0 Å². The number of benzene rings is 1. The van der Waals surface area contributed by atoms with Gasteiger partial charge in [0.1, 0.15) is 0 Å². The number of nitrogens with one attached hydrogen (secondary N) is 3. The molecule has 0 saturated carbocycles. The lowest BCUT2D eigenvalue weighted by Crippen LogP contribution is -2.27. The molecule has 1 fully saturated rings. The number of aryl methyl sites for hydroxylation is 1. The molecular weight excluding hydrogens is 356 g/mol. The minimum atomic E-state index is -0.262. The topological polar surface area (TPSA) is 101 Å². The van der Waals surface area contributed by atoms with Gasteiger partial charge in [0.15, 0.2) is 5.82 Å². The Morgan fingerprint density at radius 3 is 2.42 bits per heavy atom. The van der Waals surface area contributed by atoms with Crippen LogP contribution >= 0.6 is 12.4 Å². The summed E-state index contributed by atoms with van der Waals surface area (Å²) in [5.41, 5.74) is 1.14.